The zero-order valence-electron chi connectivity index (χ0n) is 14.7. The number of carbonyl (C=O) groups is 3. The van der Waals surface area contributed by atoms with Crippen LogP contribution in [0.15, 0.2) is 54.6 Å². The Kier molecular flexibility index (Phi) is 6.91. The molecule has 1 amide bonds. The van der Waals surface area contributed by atoms with Crippen molar-refractivity contribution in [2.45, 2.75) is 20.0 Å². The molecule has 0 aliphatic rings. The first-order chi connectivity index (χ1) is 12.5. The monoisotopic (exact) mass is 355 g/mol. The van der Waals surface area contributed by atoms with E-state index in [-0.39, 0.29) is 18.3 Å². The molecule has 2 aromatic rings. The lowest BCUT2D eigenvalue weighted by atomic mass is 10.0. The maximum absolute atomic E-state index is 12.3. The number of benzene rings is 2. The number of ketones is 1. The fourth-order valence-corrected chi connectivity index (χ4v) is 2.20. The van der Waals surface area contributed by atoms with E-state index in [0.717, 1.165) is 0 Å². The molecule has 1 atom stereocenters. The van der Waals surface area contributed by atoms with Crippen molar-refractivity contribution < 1.29 is 23.9 Å². The number of hydrogen-bond acceptors (Lipinski definition) is 5. The third-order valence-electron chi connectivity index (χ3n) is 3.54. The molecule has 0 aromatic heterocycles. The van der Waals surface area contributed by atoms with Gasteiger partial charge in [0.2, 0.25) is 0 Å². The molecule has 0 radical (unpaired) electrons. The number of nitrogens with one attached hydrogen (secondary N) is 1. The van der Waals surface area contributed by atoms with E-state index < -0.39 is 12.1 Å². The molecule has 26 heavy (non-hydrogen) atoms. The Hall–Kier alpha value is -3.15. The highest BCUT2D eigenvalue weighted by molar-refractivity contribution is 6.08. The van der Waals surface area contributed by atoms with Crippen molar-refractivity contribution in [3.8, 4) is 5.75 Å². The number of hydrogen-bond donors (Lipinski definition) is 1. The SMILES string of the molecule is CCNC(=O)[C@H](C)OC(=O)COc1ccc(C(=O)c2ccccc2)cc1. The van der Waals surface area contributed by atoms with Crippen LogP contribution in [0.5, 0.6) is 5.75 Å². The average molecular weight is 355 g/mol. The van der Waals surface area contributed by atoms with Crippen LogP contribution >= 0.6 is 0 Å². The summed E-state index contributed by atoms with van der Waals surface area (Å²) in [5, 5.41) is 2.57. The van der Waals surface area contributed by atoms with Crippen LogP contribution in [0.2, 0.25) is 0 Å². The van der Waals surface area contributed by atoms with E-state index in [9.17, 15) is 14.4 Å². The normalized spacial score (nSPS) is 11.3. The maximum atomic E-state index is 12.3. The van der Waals surface area contributed by atoms with Gasteiger partial charge in [-0.2, -0.15) is 0 Å². The molecule has 0 bridgehead atoms. The molecule has 0 heterocycles. The Morgan fingerprint density at radius 3 is 2.19 bits per heavy atom. The Labute approximate surface area is 152 Å². The number of ether oxygens (including phenoxy) is 2. The van der Waals surface area contributed by atoms with Gasteiger partial charge in [-0.3, -0.25) is 9.59 Å². The van der Waals surface area contributed by atoms with Crippen LogP contribution in [0.1, 0.15) is 29.8 Å². The number of amides is 1. The summed E-state index contributed by atoms with van der Waals surface area (Å²) in [7, 11) is 0. The van der Waals surface area contributed by atoms with Crippen LogP contribution in [-0.2, 0) is 14.3 Å². The molecule has 0 spiro atoms. The molecular formula is C20H21NO5. The van der Waals surface area contributed by atoms with E-state index >= 15 is 0 Å². The van der Waals surface area contributed by atoms with Gasteiger partial charge in [0, 0.05) is 17.7 Å². The molecule has 0 saturated heterocycles. The van der Waals surface area contributed by atoms with Crippen molar-refractivity contribution in [2.24, 2.45) is 0 Å². The van der Waals surface area contributed by atoms with Gasteiger partial charge in [0.1, 0.15) is 5.75 Å². The minimum absolute atomic E-state index is 0.0904. The number of esters is 1. The number of likely N-dealkylation sites (N-methyl/N-ethyl adjacent to an activating group) is 1. The van der Waals surface area contributed by atoms with E-state index in [2.05, 4.69) is 5.32 Å². The third-order valence-corrected chi connectivity index (χ3v) is 3.54. The summed E-state index contributed by atoms with van der Waals surface area (Å²) < 4.78 is 10.3. The molecule has 2 rings (SSSR count). The molecule has 2 aromatic carbocycles. The lowest BCUT2D eigenvalue weighted by molar-refractivity contribution is -0.156. The summed E-state index contributed by atoms with van der Waals surface area (Å²) in [6.07, 6.45) is -0.878. The topological polar surface area (TPSA) is 81.7 Å². The van der Waals surface area contributed by atoms with E-state index in [4.69, 9.17) is 9.47 Å². The summed E-state index contributed by atoms with van der Waals surface area (Å²) in [4.78, 5) is 35.5. The fraction of sp³-hybridized carbons (Fsp3) is 0.250. The second-order valence-electron chi connectivity index (χ2n) is 5.53. The second kappa shape index (κ2) is 9.36. The average Bonchev–Trinajstić information content (AvgIpc) is 2.67. The highest BCUT2D eigenvalue weighted by Crippen LogP contribution is 2.15. The first-order valence-electron chi connectivity index (χ1n) is 8.31. The molecule has 1 N–H and O–H groups in total. The zero-order chi connectivity index (χ0) is 18.9. The second-order valence-corrected chi connectivity index (χ2v) is 5.53. The Bertz CT molecular complexity index is 756. The first-order valence-corrected chi connectivity index (χ1v) is 8.31. The van der Waals surface area contributed by atoms with E-state index in [1.807, 2.05) is 6.07 Å². The first kappa shape index (κ1) is 19.2. The molecular weight excluding hydrogens is 334 g/mol. The van der Waals surface area contributed by atoms with Crippen LogP contribution in [0.25, 0.3) is 0 Å². The van der Waals surface area contributed by atoms with Crippen molar-refractivity contribution in [3.05, 3.63) is 65.7 Å². The Morgan fingerprint density at radius 1 is 0.962 bits per heavy atom. The smallest absolute Gasteiger partial charge is 0.344 e. The minimum Gasteiger partial charge on any atom is -0.482 e. The van der Waals surface area contributed by atoms with Crippen LogP contribution in [0, 0.1) is 0 Å². The van der Waals surface area contributed by atoms with Crippen molar-refractivity contribution in [1.29, 1.82) is 0 Å². The summed E-state index contributed by atoms with van der Waals surface area (Å²) in [6.45, 7) is 3.41. The Morgan fingerprint density at radius 2 is 1.58 bits per heavy atom. The van der Waals surface area contributed by atoms with Gasteiger partial charge < -0.3 is 14.8 Å². The van der Waals surface area contributed by atoms with Crippen molar-refractivity contribution in [3.63, 3.8) is 0 Å². The predicted molar refractivity (Wildman–Crippen MR) is 96.0 cm³/mol. The van der Waals surface area contributed by atoms with E-state index in [0.29, 0.717) is 23.4 Å². The maximum Gasteiger partial charge on any atom is 0.344 e. The lowest BCUT2D eigenvalue weighted by Crippen LogP contribution is -2.36. The summed E-state index contributed by atoms with van der Waals surface area (Å²) in [5.74, 6) is -0.664. The van der Waals surface area contributed by atoms with Gasteiger partial charge in [-0.15, -0.1) is 0 Å². The van der Waals surface area contributed by atoms with Gasteiger partial charge in [-0.05, 0) is 38.1 Å². The molecule has 6 heteroatoms. The highest BCUT2D eigenvalue weighted by Gasteiger charge is 2.17. The quantitative estimate of drug-likeness (QED) is 0.581. The lowest BCUT2D eigenvalue weighted by Gasteiger charge is -2.13. The molecule has 0 fully saturated rings. The van der Waals surface area contributed by atoms with Gasteiger partial charge in [-0.25, -0.2) is 4.79 Å². The van der Waals surface area contributed by atoms with Crippen LogP contribution in [0.4, 0.5) is 0 Å². The molecule has 136 valence electrons. The van der Waals surface area contributed by atoms with Crippen LogP contribution < -0.4 is 10.1 Å². The third kappa shape index (κ3) is 5.44. The van der Waals surface area contributed by atoms with Crippen molar-refractivity contribution in [2.75, 3.05) is 13.2 Å². The molecule has 0 aliphatic carbocycles. The predicted octanol–water partition coefficient (Wildman–Crippen LogP) is 2.36. The molecule has 0 unspecified atom stereocenters. The summed E-state index contributed by atoms with van der Waals surface area (Å²) in [5.41, 5.74) is 1.13. The standard InChI is InChI=1S/C20H21NO5/c1-3-21-20(24)14(2)26-18(22)13-25-17-11-9-16(10-12-17)19(23)15-7-5-4-6-8-15/h4-12,14H,3,13H2,1-2H3,(H,21,24)/t14-/m0/s1. The molecule has 0 saturated carbocycles. The fourth-order valence-electron chi connectivity index (χ4n) is 2.20. The summed E-state index contributed by atoms with van der Waals surface area (Å²) >= 11 is 0. The van der Waals surface area contributed by atoms with Gasteiger partial charge in [-0.1, -0.05) is 30.3 Å². The van der Waals surface area contributed by atoms with Gasteiger partial charge in [0.05, 0.1) is 0 Å². The van der Waals surface area contributed by atoms with Crippen LogP contribution in [0.3, 0.4) is 0 Å². The minimum atomic E-state index is -0.878. The number of carbonyl (C=O) groups excluding carboxylic acids is 3. The highest BCUT2D eigenvalue weighted by atomic mass is 16.6. The van der Waals surface area contributed by atoms with E-state index in [1.165, 1.54) is 6.92 Å². The van der Waals surface area contributed by atoms with Gasteiger partial charge in [0.25, 0.3) is 5.91 Å². The Balaban J connectivity index is 1.86. The number of rotatable bonds is 8. The van der Waals surface area contributed by atoms with Crippen molar-refractivity contribution >= 4 is 17.7 Å². The largest absolute Gasteiger partial charge is 0.482 e. The van der Waals surface area contributed by atoms with E-state index in [1.54, 1.807) is 55.5 Å². The van der Waals surface area contributed by atoms with Gasteiger partial charge >= 0.3 is 5.97 Å². The van der Waals surface area contributed by atoms with Crippen LogP contribution in [-0.4, -0.2) is 36.9 Å². The zero-order valence-corrected chi connectivity index (χ0v) is 14.7. The molecule has 0 aliphatic heterocycles. The molecule has 6 nitrogen and oxygen atoms in total. The summed E-state index contributed by atoms with van der Waals surface area (Å²) in [6, 6.07) is 15.4. The van der Waals surface area contributed by atoms with Crippen molar-refractivity contribution in [1.82, 2.24) is 5.32 Å². The van der Waals surface area contributed by atoms with Gasteiger partial charge in [0.15, 0.2) is 18.5 Å².